The zero-order valence-electron chi connectivity index (χ0n) is 8.92. The van der Waals surface area contributed by atoms with Crippen LogP contribution in [0.25, 0.3) is 0 Å². The second-order valence-corrected chi connectivity index (χ2v) is 4.09. The maximum Gasteiger partial charge on any atom is 0.0968 e. The fourth-order valence-electron chi connectivity index (χ4n) is 2.08. The number of nitrogens with zero attached hydrogens (tertiary/aromatic N) is 1. The van der Waals surface area contributed by atoms with E-state index in [2.05, 4.69) is 18.8 Å². The molecule has 2 heteroatoms. The van der Waals surface area contributed by atoms with Crippen LogP contribution in [0.15, 0.2) is 4.99 Å². The Kier molecular flexibility index (Phi) is 4.26. The lowest BCUT2D eigenvalue weighted by Gasteiger charge is -2.09. The van der Waals surface area contributed by atoms with E-state index >= 15 is 0 Å². The largest absolute Gasteiger partial charge is 0.387 e. The second-order valence-electron chi connectivity index (χ2n) is 4.09. The number of amidine groups is 1. The molecule has 0 spiro atoms. The van der Waals surface area contributed by atoms with E-state index in [0.717, 1.165) is 24.7 Å². The zero-order chi connectivity index (χ0) is 9.68. The monoisotopic (exact) mass is 182 g/mol. The fourth-order valence-corrected chi connectivity index (χ4v) is 2.08. The van der Waals surface area contributed by atoms with Gasteiger partial charge in [-0.2, -0.15) is 0 Å². The van der Waals surface area contributed by atoms with Crippen LogP contribution >= 0.6 is 0 Å². The summed E-state index contributed by atoms with van der Waals surface area (Å²) in [6, 6.07) is 0. The molecule has 0 radical (unpaired) electrons. The topological polar surface area (TPSA) is 38.4 Å². The van der Waals surface area contributed by atoms with E-state index in [-0.39, 0.29) is 0 Å². The number of rotatable bonds is 4. The Balaban J connectivity index is 2.36. The van der Waals surface area contributed by atoms with Crippen molar-refractivity contribution in [3.05, 3.63) is 0 Å². The maximum atomic E-state index is 5.93. The van der Waals surface area contributed by atoms with Crippen LogP contribution in [0.4, 0.5) is 0 Å². The minimum absolute atomic E-state index is 0.594. The Morgan fingerprint density at radius 1 is 1.38 bits per heavy atom. The Morgan fingerprint density at radius 2 is 2.15 bits per heavy atom. The summed E-state index contributed by atoms with van der Waals surface area (Å²) in [7, 11) is 0. The van der Waals surface area contributed by atoms with Crippen molar-refractivity contribution >= 4 is 5.84 Å². The van der Waals surface area contributed by atoms with Crippen LogP contribution in [0.3, 0.4) is 0 Å². The molecule has 1 aliphatic rings. The Morgan fingerprint density at radius 3 is 2.69 bits per heavy atom. The average Bonchev–Trinajstić information content (AvgIpc) is 2.62. The van der Waals surface area contributed by atoms with Crippen LogP contribution in [0.2, 0.25) is 0 Å². The first kappa shape index (κ1) is 10.6. The van der Waals surface area contributed by atoms with Gasteiger partial charge in [0.15, 0.2) is 0 Å². The maximum absolute atomic E-state index is 5.93. The first-order valence-electron chi connectivity index (χ1n) is 5.57. The molecule has 2 nitrogen and oxygen atoms in total. The molecule has 13 heavy (non-hydrogen) atoms. The summed E-state index contributed by atoms with van der Waals surface area (Å²) in [5.41, 5.74) is 5.93. The molecule has 1 aliphatic carbocycles. The first-order chi connectivity index (χ1) is 6.27. The molecule has 0 saturated heterocycles. The summed E-state index contributed by atoms with van der Waals surface area (Å²) >= 11 is 0. The summed E-state index contributed by atoms with van der Waals surface area (Å²) in [5.74, 6) is 2.41. The third kappa shape index (κ3) is 3.02. The van der Waals surface area contributed by atoms with Gasteiger partial charge < -0.3 is 5.73 Å². The molecule has 1 fully saturated rings. The van der Waals surface area contributed by atoms with E-state index < -0.39 is 0 Å². The molecule has 0 heterocycles. The predicted molar refractivity (Wildman–Crippen MR) is 57.9 cm³/mol. The van der Waals surface area contributed by atoms with E-state index in [1.165, 1.54) is 25.7 Å². The second kappa shape index (κ2) is 5.25. The van der Waals surface area contributed by atoms with Crippen molar-refractivity contribution in [2.24, 2.45) is 22.6 Å². The summed E-state index contributed by atoms with van der Waals surface area (Å²) in [4.78, 5) is 4.39. The van der Waals surface area contributed by atoms with Gasteiger partial charge in [0.1, 0.15) is 0 Å². The molecule has 0 aromatic heterocycles. The molecule has 2 unspecified atom stereocenters. The number of aliphatic imine (C=N–C) groups is 1. The van der Waals surface area contributed by atoms with Gasteiger partial charge in [0, 0.05) is 12.5 Å². The Bertz CT molecular complexity index is 175. The van der Waals surface area contributed by atoms with Crippen LogP contribution in [0.5, 0.6) is 0 Å². The van der Waals surface area contributed by atoms with Crippen LogP contribution < -0.4 is 5.73 Å². The SMILES string of the molecule is CCCN=C(N)C1CCC(CC)C1. The minimum Gasteiger partial charge on any atom is -0.387 e. The highest BCUT2D eigenvalue weighted by molar-refractivity contribution is 5.83. The van der Waals surface area contributed by atoms with Gasteiger partial charge in [0.05, 0.1) is 5.84 Å². The molecular weight excluding hydrogens is 160 g/mol. The highest BCUT2D eigenvalue weighted by Gasteiger charge is 2.25. The molecule has 1 rings (SSSR count). The van der Waals surface area contributed by atoms with Crippen molar-refractivity contribution in [3.8, 4) is 0 Å². The van der Waals surface area contributed by atoms with Crippen LogP contribution in [0, 0.1) is 11.8 Å². The molecule has 2 atom stereocenters. The summed E-state index contributed by atoms with van der Waals surface area (Å²) in [6.45, 7) is 5.31. The average molecular weight is 182 g/mol. The van der Waals surface area contributed by atoms with Crippen LogP contribution in [0.1, 0.15) is 46.0 Å². The zero-order valence-corrected chi connectivity index (χ0v) is 8.92. The smallest absolute Gasteiger partial charge is 0.0968 e. The fraction of sp³-hybridized carbons (Fsp3) is 0.909. The van der Waals surface area contributed by atoms with Crippen molar-refractivity contribution in [1.82, 2.24) is 0 Å². The van der Waals surface area contributed by atoms with Gasteiger partial charge in [0.25, 0.3) is 0 Å². The predicted octanol–water partition coefficient (Wildman–Crippen LogP) is 2.58. The van der Waals surface area contributed by atoms with Gasteiger partial charge >= 0.3 is 0 Å². The summed E-state index contributed by atoms with van der Waals surface area (Å²) in [5, 5.41) is 0. The molecule has 0 bridgehead atoms. The number of hydrogen-bond donors (Lipinski definition) is 1. The van der Waals surface area contributed by atoms with Crippen molar-refractivity contribution < 1.29 is 0 Å². The van der Waals surface area contributed by atoms with Crippen LogP contribution in [-0.2, 0) is 0 Å². The molecule has 1 saturated carbocycles. The van der Waals surface area contributed by atoms with Gasteiger partial charge in [-0.1, -0.05) is 20.3 Å². The van der Waals surface area contributed by atoms with Gasteiger partial charge in [-0.25, -0.2) is 0 Å². The van der Waals surface area contributed by atoms with E-state index in [1.807, 2.05) is 0 Å². The van der Waals surface area contributed by atoms with Gasteiger partial charge in [-0.3, -0.25) is 4.99 Å². The van der Waals surface area contributed by atoms with E-state index in [1.54, 1.807) is 0 Å². The molecule has 0 aromatic carbocycles. The highest BCUT2D eigenvalue weighted by Crippen LogP contribution is 2.32. The van der Waals surface area contributed by atoms with Crippen molar-refractivity contribution in [2.75, 3.05) is 6.54 Å². The normalized spacial score (nSPS) is 29.5. The third-order valence-corrected chi connectivity index (χ3v) is 3.05. The van der Waals surface area contributed by atoms with Crippen molar-refractivity contribution in [2.45, 2.75) is 46.0 Å². The standard InChI is InChI=1S/C11H22N2/c1-3-7-13-11(12)10-6-5-9(4-2)8-10/h9-10H,3-8H2,1-2H3,(H2,12,13). The molecule has 0 amide bonds. The lowest BCUT2D eigenvalue weighted by atomic mass is 10.0. The Hall–Kier alpha value is -0.530. The third-order valence-electron chi connectivity index (χ3n) is 3.05. The quantitative estimate of drug-likeness (QED) is 0.526. The van der Waals surface area contributed by atoms with Gasteiger partial charge in [-0.15, -0.1) is 0 Å². The Labute approximate surface area is 81.6 Å². The highest BCUT2D eigenvalue weighted by atomic mass is 14.9. The van der Waals surface area contributed by atoms with Crippen molar-refractivity contribution in [1.29, 1.82) is 0 Å². The van der Waals surface area contributed by atoms with Crippen LogP contribution in [-0.4, -0.2) is 12.4 Å². The summed E-state index contributed by atoms with van der Waals surface area (Å²) in [6.07, 6.45) is 6.29. The summed E-state index contributed by atoms with van der Waals surface area (Å²) < 4.78 is 0. The van der Waals surface area contributed by atoms with Gasteiger partial charge in [-0.05, 0) is 31.6 Å². The van der Waals surface area contributed by atoms with E-state index in [0.29, 0.717) is 5.92 Å². The molecule has 2 N–H and O–H groups in total. The first-order valence-corrected chi connectivity index (χ1v) is 5.57. The number of hydrogen-bond acceptors (Lipinski definition) is 1. The van der Waals surface area contributed by atoms with E-state index in [9.17, 15) is 0 Å². The lowest BCUT2D eigenvalue weighted by molar-refractivity contribution is 0.520. The number of nitrogens with two attached hydrogens (primary N) is 1. The van der Waals surface area contributed by atoms with Crippen molar-refractivity contribution in [3.63, 3.8) is 0 Å². The molecule has 0 aromatic rings. The lowest BCUT2D eigenvalue weighted by Crippen LogP contribution is -2.22. The van der Waals surface area contributed by atoms with E-state index in [4.69, 9.17) is 5.73 Å². The van der Waals surface area contributed by atoms with Gasteiger partial charge in [0.2, 0.25) is 0 Å². The molecule has 76 valence electrons. The molecular formula is C11H22N2. The molecule has 0 aliphatic heterocycles. The minimum atomic E-state index is 0.594.